The second-order valence-electron chi connectivity index (χ2n) is 4.12. The molecule has 0 aliphatic rings. The van der Waals surface area contributed by atoms with E-state index < -0.39 is 0 Å². The van der Waals surface area contributed by atoms with Crippen molar-refractivity contribution in [1.29, 1.82) is 0 Å². The second kappa shape index (κ2) is 7.26. The Hall–Kier alpha value is -0.0600. The molecule has 0 saturated heterocycles. The van der Waals surface area contributed by atoms with Gasteiger partial charge in [-0.2, -0.15) is 0 Å². The standard InChI is InChI=1S/C11H19IO2/c1-11(2,3)14-10(13)8-6-4-5-7-9-12/h6,8H,4-5,7,9H2,1-3H3. The number of halogens is 1. The van der Waals surface area contributed by atoms with Gasteiger partial charge in [-0.05, 0) is 44.5 Å². The summed E-state index contributed by atoms with van der Waals surface area (Å²) in [6, 6.07) is 0. The SMILES string of the molecule is CC(C)(C)OC(=O)C=CCCCCI. The van der Waals surface area contributed by atoms with E-state index in [0.717, 1.165) is 12.8 Å². The molecule has 0 heterocycles. The van der Waals surface area contributed by atoms with E-state index >= 15 is 0 Å². The van der Waals surface area contributed by atoms with Crippen LogP contribution in [0.4, 0.5) is 0 Å². The number of ether oxygens (including phenoxy) is 1. The number of unbranched alkanes of at least 4 members (excludes halogenated alkanes) is 2. The maximum absolute atomic E-state index is 11.2. The van der Waals surface area contributed by atoms with Crippen LogP contribution in [-0.4, -0.2) is 16.0 Å². The van der Waals surface area contributed by atoms with Gasteiger partial charge in [0.15, 0.2) is 0 Å². The van der Waals surface area contributed by atoms with E-state index in [4.69, 9.17) is 4.74 Å². The number of alkyl halides is 1. The van der Waals surface area contributed by atoms with Crippen LogP contribution in [0.3, 0.4) is 0 Å². The van der Waals surface area contributed by atoms with Crippen LogP contribution in [0, 0.1) is 0 Å². The Bertz CT molecular complexity index is 192. The van der Waals surface area contributed by atoms with Crippen molar-refractivity contribution in [2.24, 2.45) is 0 Å². The van der Waals surface area contributed by atoms with Gasteiger partial charge < -0.3 is 4.74 Å². The number of esters is 1. The molecule has 0 atom stereocenters. The van der Waals surface area contributed by atoms with Gasteiger partial charge in [0, 0.05) is 6.08 Å². The first-order valence-corrected chi connectivity index (χ1v) is 6.44. The Morgan fingerprint density at radius 1 is 1.36 bits per heavy atom. The summed E-state index contributed by atoms with van der Waals surface area (Å²) in [5.74, 6) is -0.244. The van der Waals surface area contributed by atoms with Gasteiger partial charge in [0.05, 0.1) is 0 Å². The summed E-state index contributed by atoms with van der Waals surface area (Å²) in [5.41, 5.74) is -0.385. The molecule has 0 amide bonds. The molecule has 2 nitrogen and oxygen atoms in total. The van der Waals surface area contributed by atoms with Gasteiger partial charge in [-0.25, -0.2) is 4.79 Å². The van der Waals surface area contributed by atoms with E-state index in [1.165, 1.54) is 16.9 Å². The third kappa shape index (κ3) is 10.0. The van der Waals surface area contributed by atoms with Crippen molar-refractivity contribution >= 4 is 28.6 Å². The van der Waals surface area contributed by atoms with Crippen LogP contribution >= 0.6 is 22.6 Å². The van der Waals surface area contributed by atoms with Gasteiger partial charge in [0.25, 0.3) is 0 Å². The molecular weight excluding hydrogens is 291 g/mol. The van der Waals surface area contributed by atoms with Crippen LogP contribution in [0.5, 0.6) is 0 Å². The number of hydrogen-bond acceptors (Lipinski definition) is 2. The second-order valence-corrected chi connectivity index (χ2v) is 5.20. The van der Waals surface area contributed by atoms with Crippen LogP contribution in [0.2, 0.25) is 0 Å². The van der Waals surface area contributed by atoms with Crippen LogP contribution in [-0.2, 0) is 9.53 Å². The molecule has 0 spiro atoms. The molecule has 0 radical (unpaired) electrons. The lowest BCUT2D eigenvalue weighted by molar-refractivity contribution is -0.148. The summed E-state index contributed by atoms with van der Waals surface area (Å²) < 4.78 is 6.30. The van der Waals surface area contributed by atoms with Crippen molar-refractivity contribution in [3.05, 3.63) is 12.2 Å². The van der Waals surface area contributed by atoms with E-state index in [1.807, 2.05) is 26.8 Å². The number of hydrogen-bond donors (Lipinski definition) is 0. The van der Waals surface area contributed by atoms with Crippen LogP contribution < -0.4 is 0 Å². The third-order valence-electron chi connectivity index (χ3n) is 1.42. The zero-order valence-corrected chi connectivity index (χ0v) is 11.3. The Morgan fingerprint density at radius 2 is 2.00 bits per heavy atom. The van der Waals surface area contributed by atoms with Crippen molar-refractivity contribution in [3.63, 3.8) is 0 Å². The Kier molecular flexibility index (Phi) is 7.23. The Morgan fingerprint density at radius 3 is 2.50 bits per heavy atom. The van der Waals surface area contributed by atoms with E-state index in [1.54, 1.807) is 0 Å². The van der Waals surface area contributed by atoms with Crippen molar-refractivity contribution in [2.75, 3.05) is 4.43 Å². The highest BCUT2D eigenvalue weighted by Crippen LogP contribution is 2.07. The van der Waals surface area contributed by atoms with Gasteiger partial charge in [-0.3, -0.25) is 0 Å². The van der Waals surface area contributed by atoms with Crippen molar-refractivity contribution < 1.29 is 9.53 Å². The minimum Gasteiger partial charge on any atom is -0.457 e. The minimum absolute atomic E-state index is 0.244. The van der Waals surface area contributed by atoms with Crippen molar-refractivity contribution in [3.8, 4) is 0 Å². The molecule has 0 fully saturated rings. The van der Waals surface area contributed by atoms with E-state index in [2.05, 4.69) is 22.6 Å². The average molecular weight is 310 g/mol. The monoisotopic (exact) mass is 310 g/mol. The fourth-order valence-corrected chi connectivity index (χ4v) is 1.41. The molecule has 0 aliphatic carbocycles. The predicted octanol–water partition coefficient (Wildman–Crippen LogP) is 3.49. The van der Waals surface area contributed by atoms with Gasteiger partial charge in [-0.15, -0.1) is 0 Å². The fourth-order valence-electron chi connectivity index (χ4n) is 0.872. The average Bonchev–Trinajstić information content (AvgIpc) is 2.00. The normalized spacial score (nSPS) is 12.0. The zero-order valence-electron chi connectivity index (χ0n) is 9.18. The number of allylic oxidation sites excluding steroid dienone is 1. The maximum atomic E-state index is 11.2. The quantitative estimate of drug-likeness (QED) is 0.255. The molecule has 0 aliphatic heterocycles. The summed E-state index contributed by atoms with van der Waals surface area (Å²) in [6.07, 6.45) is 6.72. The minimum atomic E-state index is -0.385. The summed E-state index contributed by atoms with van der Waals surface area (Å²) >= 11 is 2.35. The molecule has 0 bridgehead atoms. The molecule has 0 rings (SSSR count). The molecule has 0 aromatic heterocycles. The summed E-state index contributed by atoms with van der Waals surface area (Å²) in [5, 5.41) is 0. The smallest absolute Gasteiger partial charge is 0.330 e. The van der Waals surface area contributed by atoms with Crippen LogP contribution in [0.1, 0.15) is 40.0 Å². The maximum Gasteiger partial charge on any atom is 0.330 e. The summed E-state index contributed by atoms with van der Waals surface area (Å²) in [6.45, 7) is 5.61. The van der Waals surface area contributed by atoms with E-state index in [0.29, 0.717) is 0 Å². The molecule has 82 valence electrons. The van der Waals surface area contributed by atoms with E-state index in [9.17, 15) is 4.79 Å². The van der Waals surface area contributed by atoms with Gasteiger partial charge >= 0.3 is 5.97 Å². The molecule has 0 aromatic rings. The Balaban J connectivity index is 3.61. The number of carbonyl (C=O) groups excluding carboxylic acids is 1. The largest absolute Gasteiger partial charge is 0.457 e. The predicted molar refractivity (Wildman–Crippen MR) is 67.7 cm³/mol. The Labute approximate surface area is 100 Å². The highest BCUT2D eigenvalue weighted by atomic mass is 127. The van der Waals surface area contributed by atoms with Gasteiger partial charge in [0.2, 0.25) is 0 Å². The fraction of sp³-hybridized carbons (Fsp3) is 0.727. The molecule has 3 heteroatoms. The number of carbonyl (C=O) groups is 1. The highest BCUT2D eigenvalue weighted by Gasteiger charge is 2.13. The van der Waals surface area contributed by atoms with Crippen molar-refractivity contribution in [1.82, 2.24) is 0 Å². The zero-order chi connectivity index (χ0) is 11.0. The first kappa shape index (κ1) is 13.9. The van der Waals surface area contributed by atoms with Crippen LogP contribution in [0.15, 0.2) is 12.2 Å². The lowest BCUT2D eigenvalue weighted by Gasteiger charge is -2.17. The van der Waals surface area contributed by atoms with E-state index in [-0.39, 0.29) is 11.6 Å². The van der Waals surface area contributed by atoms with Crippen LogP contribution in [0.25, 0.3) is 0 Å². The molecular formula is C11H19IO2. The highest BCUT2D eigenvalue weighted by molar-refractivity contribution is 14.1. The first-order valence-electron chi connectivity index (χ1n) is 4.91. The van der Waals surface area contributed by atoms with Crippen molar-refractivity contribution in [2.45, 2.75) is 45.6 Å². The molecule has 0 saturated carbocycles. The lowest BCUT2D eigenvalue weighted by Crippen LogP contribution is -2.22. The molecule has 0 aromatic carbocycles. The summed E-state index contributed by atoms with van der Waals surface area (Å²) in [4.78, 5) is 11.2. The third-order valence-corrected chi connectivity index (χ3v) is 2.18. The van der Waals surface area contributed by atoms with Gasteiger partial charge in [0.1, 0.15) is 5.60 Å². The molecule has 0 N–H and O–H groups in total. The molecule has 0 unspecified atom stereocenters. The molecule has 14 heavy (non-hydrogen) atoms. The topological polar surface area (TPSA) is 26.3 Å². The van der Waals surface area contributed by atoms with Gasteiger partial charge in [-0.1, -0.05) is 28.7 Å². The summed E-state index contributed by atoms with van der Waals surface area (Å²) in [7, 11) is 0. The number of rotatable bonds is 5. The first-order chi connectivity index (χ1) is 6.45. The lowest BCUT2D eigenvalue weighted by atomic mass is 10.2.